The first-order valence-corrected chi connectivity index (χ1v) is 7.52. The van der Waals surface area contributed by atoms with Crippen LogP contribution >= 0.6 is 0 Å². The van der Waals surface area contributed by atoms with Crippen molar-refractivity contribution >= 4 is 18.0 Å². The van der Waals surface area contributed by atoms with Gasteiger partial charge in [-0.1, -0.05) is 55.1 Å². The van der Waals surface area contributed by atoms with Crippen molar-refractivity contribution in [2.45, 2.75) is 20.3 Å². The van der Waals surface area contributed by atoms with Gasteiger partial charge in [0.25, 0.3) is 0 Å². The van der Waals surface area contributed by atoms with Crippen molar-refractivity contribution in [3.05, 3.63) is 65.8 Å². The van der Waals surface area contributed by atoms with Crippen LogP contribution in [0.25, 0.3) is 6.08 Å². The Bertz CT molecular complexity index is 597. The van der Waals surface area contributed by atoms with E-state index in [9.17, 15) is 9.59 Å². The van der Waals surface area contributed by atoms with Crippen LogP contribution < -0.4 is 0 Å². The maximum atomic E-state index is 12.0. The third kappa shape index (κ3) is 6.78. The summed E-state index contributed by atoms with van der Waals surface area (Å²) in [4.78, 5) is 23.6. The lowest BCUT2D eigenvalue weighted by Gasteiger charge is -2.08. The predicted molar refractivity (Wildman–Crippen MR) is 90.6 cm³/mol. The number of hydrogen-bond donors (Lipinski definition) is 0. The second kappa shape index (κ2) is 10.2. The van der Waals surface area contributed by atoms with Gasteiger partial charge in [0.15, 0.2) is 0 Å². The Kier molecular flexibility index (Phi) is 8.14. The molecule has 0 saturated carbocycles. The lowest BCUT2D eigenvalue weighted by molar-refractivity contribution is -0.139. The summed E-state index contributed by atoms with van der Waals surface area (Å²) < 4.78 is 9.90. The van der Waals surface area contributed by atoms with Gasteiger partial charge in [0.2, 0.25) is 0 Å². The van der Waals surface area contributed by atoms with Gasteiger partial charge in [0, 0.05) is 17.6 Å². The maximum absolute atomic E-state index is 12.0. The van der Waals surface area contributed by atoms with E-state index in [0.717, 1.165) is 5.56 Å². The van der Waals surface area contributed by atoms with Gasteiger partial charge in [-0.3, -0.25) is 0 Å². The van der Waals surface area contributed by atoms with Gasteiger partial charge in [-0.15, -0.1) is 0 Å². The Morgan fingerprint density at radius 2 is 1.65 bits per heavy atom. The zero-order valence-electron chi connectivity index (χ0n) is 13.6. The number of ether oxygens (including phenoxy) is 2. The molecule has 4 heteroatoms. The lowest BCUT2D eigenvalue weighted by Crippen LogP contribution is -2.12. The van der Waals surface area contributed by atoms with Gasteiger partial charge in [-0.25, -0.2) is 9.59 Å². The van der Waals surface area contributed by atoms with Gasteiger partial charge in [-0.05, 0) is 19.4 Å². The summed E-state index contributed by atoms with van der Waals surface area (Å²) >= 11 is 0. The van der Waals surface area contributed by atoms with E-state index in [2.05, 4.69) is 6.58 Å². The van der Waals surface area contributed by atoms with E-state index >= 15 is 0 Å². The molecule has 0 aromatic heterocycles. The highest BCUT2D eigenvalue weighted by Gasteiger charge is 2.16. The van der Waals surface area contributed by atoms with E-state index in [1.807, 2.05) is 36.4 Å². The minimum Gasteiger partial charge on any atom is -0.463 e. The van der Waals surface area contributed by atoms with Crippen LogP contribution in [0.5, 0.6) is 0 Å². The molecule has 1 aromatic carbocycles. The molecule has 0 atom stereocenters. The van der Waals surface area contributed by atoms with Crippen molar-refractivity contribution in [1.29, 1.82) is 0 Å². The SMILES string of the molecule is C=C(C/C(=C\C=C\c1ccccc1)C(=O)OCC)C(=O)OCC. The zero-order valence-corrected chi connectivity index (χ0v) is 13.6. The molecule has 122 valence electrons. The number of esters is 2. The highest BCUT2D eigenvalue weighted by atomic mass is 16.5. The number of carbonyl (C=O) groups excluding carboxylic acids is 2. The van der Waals surface area contributed by atoms with Crippen LogP contribution in [0, 0.1) is 0 Å². The molecule has 0 aliphatic carbocycles. The minimum atomic E-state index is -0.505. The molecule has 0 amide bonds. The summed E-state index contributed by atoms with van der Waals surface area (Å²) in [6.45, 7) is 7.66. The molecule has 0 fully saturated rings. The quantitative estimate of drug-likeness (QED) is 0.417. The standard InChI is InChI=1S/C19H22O4/c1-4-22-18(20)15(3)14-17(19(21)23-5-2)13-9-12-16-10-7-6-8-11-16/h6-13H,3-5,14H2,1-2H3/b12-9+,17-13+. The predicted octanol–water partition coefficient (Wildman–Crippen LogP) is 3.70. The molecule has 0 aliphatic heterocycles. The van der Waals surface area contributed by atoms with Crippen molar-refractivity contribution in [1.82, 2.24) is 0 Å². The van der Waals surface area contributed by atoms with Crippen molar-refractivity contribution in [2.24, 2.45) is 0 Å². The van der Waals surface area contributed by atoms with Crippen LogP contribution in [0.1, 0.15) is 25.8 Å². The first-order chi connectivity index (χ1) is 11.1. The van der Waals surface area contributed by atoms with E-state index in [1.165, 1.54) is 0 Å². The fraction of sp³-hybridized carbons (Fsp3) is 0.263. The molecule has 4 nitrogen and oxygen atoms in total. The smallest absolute Gasteiger partial charge is 0.334 e. The highest BCUT2D eigenvalue weighted by Crippen LogP contribution is 2.14. The van der Waals surface area contributed by atoms with Crippen LogP contribution in [0.2, 0.25) is 0 Å². The number of carbonyl (C=O) groups is 2. The Hall–Kier alpha value is -2.62. The number of allylic oxidation sites excluding steroid dienone is 2. The van der Waals surface area contributed by atoms with Gasteiger partial charge >= 0.3 is 11.9 Å². The van der Waals surface area contributed by atoms with Crippen LogP contribution in [0.15, 0.2) is 60.2 Å². The summed E-state index contributed by atoms with van der Waals surface area (Å²) in [6, 6.07) is 9.69. The van der Waals surface area contributed by atoms with E-state index in [4.69, 9.17) is 9.47 Å². The number of benzene rings is 1. The molecule has 23 heavy (non-hydrogen) atoms. The molecular weight excluding hydrogens is 292 g/mol. The zero-order chi connectivity index (χ0) is 17.1. The fourth-order valence-corrected chi connectivity index (χ4v) is 1.80. The van der Waals surface area contributed by atoms with Crippen LogP contribution in [-0.2, 0) is 19.1 Å². The molecule has 1 aromatic rings. The Morgan fingerprint density at radius 1 is 1.04 bits per heavy atom. The largest absolute Gasteiger partial charge is 0.463 e. The fourth-order valence-electron chi connectivity index (χ4n) is 1.80. The molecular formula is C19H22O4. The van der Waals surface area contributed by atoms with Crippen LogP contribution in [0.4, 0.5) is 0 Å². The van der Waals surface area contributed by atoms with Crippen molar-refractivity contribution < 1.29 is 19.1 Å². The summed E-state index contributed by atoms with van der Waals surface area (Å²) in [7, 11) is 0. The summed E-state index contributed by atoms with van der Waals surface area (Å²) in [6.07, 6.45) is 5.35. The molecule has 0 saturated heterocycles. The Labute approximate surface area is 137 Å². The third-order valence-electron chi connectivity index (χ3n) is 2.89. The van der Waals surface area contributed by atoms with Crippen molar-refractivity contribution in [3.63, 3.8) is 0 Å². The second-order valence-corrected chi connectivity index (χ2v) is 4.68. The van der Waals surface area contributed by atoms with E-state index < -0.39 is 11.9 Å². The highest BCUT2D eigenvalue weighted by molar-refractivity contribution is 5.94. The van der Waals surface area contributed by atoms with Gasteiger partial charge in [0.05, 0.1) is 13.2 Å². The Morgan fingerprint density at radius 3 is 2.26 bits per heavy atom. The Balaban J connectivity index is 2.85. The van der Waals surface area contributed by atoms with Crippen molar-refractivity contribution in [2.75, 3.05) is 13.2 Å². The van der Waals surface area contributed by atoms with Crippen LogP contribution in [0.3, 0.4) is 0 Å². The molecule has 0 radical (unpaired) electrons. The minimum absolute atomic E-state index is 0.0940. The van der Waals surface area contributed by atoms with Gasteiger partial charge in [-0.2, -0.15) is 0 Å². The van der Waals surface area contributed by atoms with E-state index in [-0.39, 0.29) is 25.2 Å². The molecule has 0 aliphatic rings. The molecule has 0 spiro atoms. The van der Waals surface area contributed by atoms with E-state index in [0.29, 0.717) is 5.57 Å². The summed E-state index contributed by atoms with van der Waals surface area (Å²) in [5.41, 5.74) is 1.59. The maximum Gasteiger partial charge on any atom is 0.334 e. The first-order valence-electron chi connectivity index (χ1n) is 7.52. The molecule has 0 unspecified atom stereocenters. The third-order valence-corrected chi connectivity index (χ3v) is 2.89. The molecule has 0 heterocycles. The molecule has 1 rings (SSSR count). The lowest BCUT2D eigenvalue weighted by atomic mass is 10.1. The first kappa shape index (κ1) is 18.4. The average Bonchev–Trinajstić information content (AvgIpc) is 2.55. The topological polar surface area (TPSA) is 52.6 Å². The normalized spacial score (nSPS) is 11.3. The number of rotatable bonds is 8. The van der Waals surface area contributed by atoms with Gasteiger partial charge < -0.3 is 9.47 Å². The molecule has 0 N–H and O–H groups in total. The summed E-state index contributed by atoms with van der Waals surface area (Å²) in [5, 5.41) is 0. The second-order valence-electron chi connectivity index (χ2n) is 4.68. The van der Waals surface area contributed by atoms with Gasteiger partial charge in [0.1, 0.15) is 0 Å². The number of hydrogen-bond acceptors (Lipinski definition) is 4. The summed E-state index contributed by atoms with van der Waals surface area (Å²) in [5.74, 6) is -0.967. The van der Waals surface area contributed by atoms with Crippen LogP contribution in [-0.4, -0.2) is 25.2 Å². The average molecular weight is 314 g/mol. The monoisotopic (exact) mass is 314 g/mol. The molecule has 0 bridgehead atoms. The van der Waals surface area contributed by atoms with E-state index in [1.54, 1.807) is 26.0 Å². The van der Waals surface area contributed by atoms with Crippen molar-refractivity contribution in [3.8, 4) is 0 Å².